The fourth-order valence-electron chi connectivity index (χ4n) is 2.12. The Morgan fingerprint density at radius 2 is 2.53 bits per heavy atom. The second kappa shape index (κ2) is 5.64. The number of nitrogens with zero attached hydrogens (tertiary/aromatic N) is 1. The van der Waals surface area contributed by atoms with Crippen molar-refractivity contribution in [1.82, 2.24) is 10.2 Å². The lowest BCUT2D eigenvalue weighted by Crippen LogP contribution is -2.36. The monoisotopic (exact) mass is 224 g/mol. The first-order valence-corrected chi connectivity index (χ1v) is 6.70. The molecule has 0 amide bonds. The van der Waals surface area contributed by atoms with Crippen molar-refractivity contribution in [2.45, 2.75) is 25.8 Å². The third-order valence-corrected chi connectivity index (χ3v) is 3.87. The zero-order chi connectivity index (χ0) is 10.5. The van der Waals surface area contributed by atoms with Crippen LogP contribution in [0.1, 0.15) is 18.2 Å². The van der Waals surface area contributed by atoms with Gasteiger partial charge in [0, 0.05) is 24.0 Å². The standard InChI is InChI=1S/C12H20N2S/c1-11-10-14(7-3-6-13-11)8-5-12-4-2-9-15-12/h2,4,9,11,13H,3,5-8,10H2,1H3. The van der Waals surface area contributed by atoms with Gasteiger partial charge in [-0.1, -0.05) is 6.07 Å². The fraction of sp³-hybridized carbons (Fsp3) is 0.667. The molecule has 0 spiro atoms. The van der Waals surface area contributed by atoms with Crippen LogP contribution in [-0.4, -0.2) is 37.1 Å². The Labute approximate surface area is 96.3 Å². The van der Waals surface area contributed by atoms with E-state index in [1.165, 1.54) is 43.9 Å². The summed E-state index contributed by atoms with van der Waals surface area (Å²) in [6, 6.07) is 5.03. The van der Waals surface area contributed by atoms with Crippen LogP contribution in [0, 0.1) is 0 Å². The molecule has 1 aromatic rings. The minimum absolute atomic E-state index is 0.649. The molecule has 0 bridgehead atoms. The van der Waals surface area contributed by atoms with Gasteiger partial charge < -0.3 is 10.2 Å². The summed E-state index contributed by atoms with van der Waals surface area (Å²) in [6.45, 7) is 7.13. The number of thiophene rings is 1. The van der Waals surface area contributed by atoms with Crippen molar-refractivity contribution in [2.75, 3.05) is 26.2 Å². The van der Waals surface area contributed by atoms with E-state index in [2.05, 4.69) is 34.7 Å². The summed E-state index contributed by atoms with van der Waals surface area (Å²) in [6.07, 6.45) is 2.50. The Morgan fingerprint density at radius 3 is 3.33 bits per heavy atom. The highest BCUT2D eigenvalue weighted by atomic mass is 32.1. The summed E-state index contributed by atoms with van der Waals surface area (Å²) in [5.74, 6) is 0. The van der Waals surface area contributed by atoms with E-state index in [1.807, 2.05) is 11.3 Å². The number of hydrogen-bond acceptors (Lipinski definition) is 3. The van der Waals surface area contributed by atoms with E-state index in [0.717, 1.165) is 0 Å². The highest BCUT2D eigenvalue weighted by molar-refractivity contribution is 7.09. The first-order valence-electron chi connectivity index (χ1n) is 5.83. The quantitative estimate of drug-likeness (QED) is 0.844. The molecule has 2 rings (SSSR count). The zero-order valence-corrected chi connectivity index (χ0v) is 10.2. The molecule has 2 heterocycles. The topological polar surface area (TPSA) is 15.3 Å². The molecular weight excluding hydrogens is 204 g/mol. The first-order chi connectivity index (χ1) is 7.34. The normalized spacial score (nSPS) is 23.9. The molecule has 1 unspecified atom stereocenters. The number of hydrogen-bond donors (Lipinski definition) is 1. The van der Waals surface area contributed by atoms with Crippen molar-refractivity contribution >= 4 is 11.3 Å². The molecular formula is C12H20N2S. The van der Waals surface area contributed by atoms with Crippen molar-refractivity contribution in [2.24, 2.45) is 0 Å². The van der Waals surface area contributed by atoms with Crippen LogP contribution in [0.15, 0.2) is 17.5 Å². The maximum Gasteiger partial charge on any atom is 0.0166 e. The second-order valence-corrected chi connectivity index (χ2v) is 5.37. The molecule has 1 fully saturated rings. The van der Waals surface area contributed by atoms with Crippen molar-refractivity contribution < 1.29 is 0 Å². The molecule has 1 atom stereocenters. The van der Waals surface area contributed by atoms with Gasteiger partial charge in [0.2, 0.25) is 0 Å². The van der Waals surface area contributed by atoms with Crippen LogP contribution in [0.2, 0.25) is 0 Å². The minimum atomic E-state index is 0.649. The highest BCUT2D eigenvalue weighted by Crippen LogP contribution is 2.10. The van der Waals surface area contributed by atoms with Crippen LogP contribution < -0.4 is 5.32 Å². The molecule has 1 saturated heterocycles. The lowest BCUT2D eigenvalue weighted by molar-refractivity contribution is 0.277. The lowest BCUT2D eigenvalue weighted by Gasteiger charge is -2.21. The lowest BCUT2D eigenvalue weighted by atomic mass is 10.3. The fourth-order valence-corrected chi connectivity index (χ4v) is 2.82. The van der Waals surface area contributed by atoms with Gasteiger partial charge in [-0.15, -0.1) is 11.3 Å². The summed E-state index contributed by atoms with van der Waals surface area (Å²) < 4.78 is 0. The molecule has 1 aromatic heterocycles. The Morgan fingerprint density at radius 1 is 1.60 bits per heavy atom. The van der Waals surface area contributed by atoms with E-state index in [0.29, 0.717) is 6.04 Å². The summed E-state index contributed by atoms with van der Waals surface area (Å²) >= 11 is 1.88. The molecule has 3 heteroatoms. The molecule has 1 aliphatic heterocycles. The average molecular weight is 224 g/mol. The van der Waals surface area contributed by atoms with Crippen LogP contribution in [0.3, 0.4) is 0 Å². The van der Waals surface area contributed by atoms with Gasteiger partial charge in [0.15, 0.2) is 0 Å². The van der Waals surface area contributed by atoms with Crippen LogP contribution >= 0.6 is 11.3 Å². The van der Waals surface area contributed by atoms with Crippen molar-refractivity contribution in [3.63, 3.8) is 0 Å². The third kappa shape index (κ3) is 3.59. The SMILES string of the molecule is CC1CN(CCc2cccs2)CCCN1. The molecule has 15 heavy (non-hydrogen) atoms. The van der Waals surface area contributed by atoms with Gasteiger partial charge in [-0.2, -0.15) is 0 Å². The van der Waals surface area contributed by atoms with E-state index in [1.54, 1.807) is 0 Å². The summed E-state index contributed by atoms with van der Waals surface area (Å²) in [5, 5.41) is 5.70. The summed E-state index contributed by atoms with van der Waals surface area (Å²) in [7, 11) is 0. The molecule has 0 radical (unpaired) electrons. The van der Waals surface area contributed by atoms with Crippen LogP contribution in [-0.2, 0) is 6.42 Å². The molecule has 0 aliphatic carbocycles. The van der Waals surface area contributed by atoms with E-state index in [9.17, 15) is 0 Å². The molecule has 2 nitrogen and oxygen atoms in total. The van der Waals surface area contributed by atoms with Gasteiger partial charge in [0.05, 0.1) is 0 Å². The Kier molecular flexibility index (Phi) is 4.18. The maximum absolute atomic E-state index is 3.53. The summed E-state index contributed by atoms with van der Waals surface area (Å²) in [4.78, 5) is 4.10. The largest absolute Gasteiger partial charge is 0.313 e. The molecule has 0 aromatic carbocycles. The van der Waals surface area contributed by atoms with Crippen molar-refractivity contribution in [3.8, 4) is 0 Å². The van der Waals surface area contributed by atoms with E-state index in [-0.39, 0.29) is 0 Å². The highest BCUT2D eigenvalue weighted by Gasteiger charge is 2.13. The van der Waals surface area contributed by atoms with E-state index < -0.39 is 0 Å². The van der Waals surface area contributed by atoms with Crippen LogP contribution in [0.25, 0.3) is 0 Å². The van der Waals surface area contributed by atoms with E-state index in [4.69, 9.17) is 0 Å². The van der Waals surface area contributed by atoms with Gasteiger partial charge in [-0.25, -0.2) is 0 Å². The van der Waals surface area contributed by atoms with Crippen LogP contribution in [0.5, 0.6) is 0 Å². The van der Waals surface area contributed by atoms with Crippen LogP contribution in [0.4, 0.5) is 0 Å². The Bertz CT molecular complexity index is 271. The Balaban J connectivity index is 1.78. The third-order valence-electron chi connectivity index (χ3n) is 2.93. The molecule has 0 saturated carbocycles. The van der Waals surface area contributed by atoms with Crippen molar-refractivity contribution in [1.29, 1.82) is 0 Å². The average Bonchev–Trinajstić information content (AvgIpc) is 2.65. The number of rotatable bonds is 3. The van der Waals surface area contributed by atoms with Gasteiger partial charge in [-0.05, 0) is 44.3 Å². The van der Waals surface area contributed by atoms with Crippen molar-refractivity contribution in [3.05, 3.63) is 22.4 Å². The molecule has 1 N–H and O–H groups in total. The zero-order valence-electron chi connectivity index (χ0n) is 9.41. The Hall–Kier alpha value is -0.380. The number of nitrogens with one attached hydrogen (secondary N) is 1. The second-order valence-electron chi connectivity index (χ2n) is 4.34. The van der Waals surface area contributed by atoms with Gasteiger partial charge in [0.1, 0.15) is 0 Å². The van der Waals surface area contributed by atoms with E-state index >= 15 is 0 Å². The molecule has 84 valence electrons. The predicted molar refractivity (Wildman–Crippen MR) is 66.5 cm³/mol. The smallest absolute Gasteiger partial charge is 0.0166 e. The molecule has 1 aliphatic rings. The maximum atomic E-state index is 3.53. The predicted octanol–water partition coefficient (Wildman–Crippen LogP) is 1.97. The minimum Gasteiger partial charge on any atom is -0.313 e. The first kappa shape index (κ1) is 11.1. The van der Waals surface area contributed by atoms with Gasteiger partial charge in [0.25, 0.3) is 0 Å². The van der Waals surface area contributed by atoms with Gasteiger partial charge >= 0.3 is 0 Å². The summed E-state index contributed by atoms with van der Waals surface area (Å²) in [5.41, 5.74) is 0. The van der Waals surface area contributed by atoms with Gasteiger partial charge in [-0.3, -0.25) is 0 Å².